The molecule has 2 aromatic rings. The lowest BCUT2D eigenvalue weighted by molar-refractivity contribution is -0.120. The Labute approximate surface area is 140 Å². The maximum absolute atomic E-state index is 11.9. The molecule has 3 rings (SSSR count). The van der Waals surface area contributed by atoms with Crippen LogP contribution in [0.3, 0.4) is 0 Å². The van der Waals surface area contributed by atoms with Crippen molar-refractivity contribution < 1.29 is 9.63 Å². The fraction of sp³-hybridized carbons (Fsp3) is 0.222. The smallest absolute Gasteiger partial charge is 0.265 e. The second-order valence-corrected chi connectivity index (χ2v) is 5.82. The van der Waals surface area contributed by atoms with Crippen molar-refractivity contribution in [3.8, 4) is 0 Å². The molecule has 0 radical (unpaired) electrons. The number of benzene rings is 2. The molecule has 0 fully saturated rings. The maximum Gasteiger partial charge on any atom is 0.265 e. The molecule has 1 N–H and O–H groups in total. The molecule has 2 aromatic carbocycles. The Morgan fingerprint density at radius 1 is 1.22 bits per heavy atom. The molecule has 0 heterocycles. The molecule has 118 valence electrons. The van der Waals surface area contributed by atoms with Crippen molar-refractivity contribution in [2.75, 3.05) is 11.9 Å². The van der Waals surface area contributed by atoms with E-state index in [-0.39, 0.29) is 12.5 Å². The van der Waals surface area contributed by atoms with Crippen molar-refractivity contribution in [3.63, 3.8) is 0 Å². The van der Waals surface area contributed by atoms with E-state index >= 15 is 0 Å². The third-order valence-corrected chi connectivity index (χ3v) is 4.09. The van der Waals surface area contributed by atoms with Crippen LogP contribution in [-0.4, -0.2) is 18.7 Å². The third-order valence-electron chi connectivity index (χ3n) is 3.75. The molecular formula is C18H17ClN2O2. The first-order valence-electron chi connectivity index (χ1n) is 7.54. The molecule has 0 saturated heterocycles. The topological polar surface area (TPSA) is 50.7 Å². The summed E-state index contributed by atoms with van der Waals surface area (Å²) in [4.78, 5) is 16.9. The van der Waals surface area contributed by atoms with Gasteiger partial charge in [0.05, 0.1) is 6.21 Å². The van der Waals surface area contributed by atoms with Gasteiger partial charge in [0.15, 0.2) is 6.61 Å². The highest BCUT2D eigenvalue weighted by atomic mass is 35.5. The second kappa shape index (κ2) is 7.29. The van der Waals surface area contributed by atoms with Gasteiger partial charge in [0.25, 0.3) is 5.91 Å². The number of aryl methyl sites for hydroxylation is 2. The summed E-state index contributed by atoms with van der Waals surface area (Å²) in [7, 11) is 0. The zero-order valence-corrected chi connectivity index (χ0v) is 13.3. The van der Waals surface area contributed by atoms with Gasteiger partial charge in [-0.05, 0) is 48.6 Å². The van der Waals surface area contributed by atoms with Crippen LogP contribution in [0, 0.1) is 0 Å². The fourth-order valence-electron chi connectivity index (χ4n) is 2.62. The monoisotopic (exact) mass is 328 g/mol. The molecule has 0 unspecified atom stereocenters. The number of nitrogens with one attached hydrogen (secondary N) is 1. The molecule has 0 spiro atoms. The summed E-state index contributed by atoms with van der Waals surface area (Å²) in [6, 6.07) is 13.3. The minimum Gasteiger partial charge on any atom is -0.386 e. The number of carbonyl (C=O) groups excluding carboxylic acids is 1. The zero-order valence-electron chi connectivity index (χ0n) is 12.6. The van der Waals surface area contributed by atoms with Gasteiger partial charge in [-0.25, -0.2) is 0 Å². The van der Waals surface area contributed by atoms with Gasteiger partial charge >= 0.3 is 0 Å². The second-order valence-electron chi connectivity index (χ2n) is 5.41. The van der Waals surface area contributed by atoms with E-state index in [1.165, 1.54) is 23.8 Å². The Hall–Kier alpha value is -2.33. The van der Waals surface area contributed by atoms with Crippen molar-refractivity contribution in [1.82, 2.24) is 0 Å². The number of anilines is 1. The number of hydrogen-bond acceptors (Lipinski definition) is 3. The fourth-order valence-corrected chi connectivity index (χ4v) is 2.80. The quantitative estimate of drug-likeness (QED) is 0.670. The normalized spacial score (nSPS) is 13.1. The minimum atomic E-state index is -0.237. The Kier molecular flexibility index (Phi) is 4.93. The van der Waals surface area contributed by atoms with Crippen molar-refractivity contribution in [2.45, 2.75) is 19.3 Å². The SMILES string of the molecule is O=C(CO/N=C\c1ccccc1Cl)Nc1ccc2c(c1)CCC2. The molecular weight excluding hydrogens is 312 g/mol. The first-order chi connectivity index (χ1) is 11.2. The molecule has 1 aliphatic rings. The number of oxime groups is 1. The van der Waals surface area contributed by atoms with Crippen LogP contribution in [0.25, 0.3) is 0 Å². The Morgan fingerprint density at radius 2 is 2.04 bits per heavy atom. The highest BCUT2D eigenvalue weighted by Gasteiger charge is 2.11. The first-order valence-corrected chi connectivity index (χ1v) is 7.92. The van der Waals surface area contributed by atoms with Gasteiger partial charge in [-0.1, -0.05) is 41.0 Å². The van der Waals surface area contributed by atoms with Gasteiger partial charge < -0.3 is 10.2 Å². The predicted molar refractivity (Wildman–Crippen MR) is 92.1 cm³/mol. The molecule has 0 atom stereocenters. The predicted octanol–water partition coefficient (Wildman–Crippen LogP) is 3.82. The lowest BCUT2D eigenvalue weighted by atomic mass is 10.1. The Morgan fingerprint density at radius 3 is 2.91 bits per heavy atom. The van der Waals surface area contributed by atoms with E-state index in [4.69, 9.17) is 16.4 Å². The molecule has 23 heavy (non-hydrogen) atoms. The van der Waals surface area contributed by atoms with Gasteiger partial charge in [0.2, 0.25) is 0 Å². The van der Waals surface area contributed by atoms with Crippen molar-refractivity contribution in [1.29, 1.82) is 0 Å². The van der Waals surface area contributed by atoms with E-state index < -0.39 is 0 Å². The molecule has 4 nitrogen and oxygen atoms in total. The number of carbonyl (C=O) groups is 1. The number of halogens is 1. The lowest BCUT2D eigenvalue weighted by Crippen LogP contribution is -2.17. The molecule has 0 aliphatic heterocycles. The summed E-state index contributed by atoms with van der Waals surface area (Å²) in [5.74, 6) is -0.237. The van der Waals surface area contributed by atoms with Crippen LogP contribution in [0.4, 0.5) is 5.69 Å². The van der Waals surface area contributed by atoms with Crippen molar-refractivity contribution in [3.05, 3.63) is 64.2 Å². The molecule has 0 bridgehead atoms. The number of rotatable bonds is 5. The Bertz CT molecular complexity index is 744. The van der Waals surface area contributed by atoms with E-state index in [0.29, 0.717) is 5.02 Å². The van der Waals surface area contributed by atoms with E-state index in [2.05, 4.69) is 16.5 Å². The number of hydrogen-bond donors (Lipinski definition) is 1. The van der Waals surface area contributed by atoms with Crippen LogP contribution in [0.5, 0.6) is 0 Å². The summed E-state index contributed by atoms with van der Waals surface area (Å²) in [5, 5.41) is 7.17. The zero-order chi connectivity index (χ0) is 16.1. The van der Waals surface area contributed by atoms with Crippen LogP contribution < -0.4 is 5.32 Å². The molecule has 1 aliphatic carbocycles. The van der Waals surface area contributed by atoms with Gasteiger partial charge in [0.1, 0.15) is 0 Å². The van der Waals surface area contributed by atoms with Gasteiger partial charge in [0, 0.05) is 16.3 Å². The highest BCUT2D eigenvalue weighted by molar-refractivity contribution is 6.33. The summed E-state index contributed by atoms with van der Waals surface area (Å²) < 4.78 is 0. The van der Waals surface area contributed by atoms with Crippen LogP contribution >= 0.6 is 11.6 Å². The Balaban J connectivity index is 1.49. The number of fused-ring (bicyclic) bond motifs is 1. The van der Waals surface area contributed by atoms with Gasteiger partial charge in [-0.3, -0.25) is 4.79 Å². The first kappa shape index (κ1) is 15.6. The largest absolute Gasteiger partial charge is 0.386 e. The molecule has 5 heteroatoms. The van der Waals surface area contributed by atoms with E-state index in [9.17, 15) is 4.79 Å². The van der Waals surface area contributed by atoms with Crippen molar-refractivity contribution in [2.24, 2.45) is 5.16 Å². The summed E-state index contributed by atoms with van der Waals surface area (Å²) >= 11 is 5.99. The standard InChI is InChI=1S/C18H17ClN2O2/c19-17-7-2-1-4-15(17)11-20-23-12-18(22)21-16-9-8-13-5-3-6-14(13)10-16/h1-2,4,7-11H,3,5-6,12H2,(H,21,22)/b20-11-. The van der Waals surface area contributed by atoms with Crippen molar-refractivity contribution >= 4 is 29.4 Å². The minimum absolute atomic E-state index is 0.141. The van der Waals surface area contributed by atoms with Crippen LogP contribution in [0.2, 0.25) is 5.02 Å². The molecule has 0 aromatic heterocycles. The number of nitrogens with zero attached hydrogens (tertiary/aromatic N) is 1. The van der Waals surface area contributed by atoms with E-state index in [0.717, 1.165) is 24.1 Å². The summed E-state index contributed by atoms with van der Waals surface area (Å²) in [6.45, 7) is -0.141. The summed E-state index contributed by atoms with van der Waals surface area (Å²) in [6.07, 6.45) is 4.89. The van der Waals surface area contributed by atoms with Crippen LogP contribution in [0.1, 0.15) is 23.1 Å². The lowest BCUT2D eigenvalue weighted by Gasteiger charge is -2.06. The summed E-state index contributed by atoms with van der Waals surface area (Å²) in [5.41, 5.74) is 4.24. The highest BCUT2D eigenvalue weighted by Crippen LogP contribution is 2.24. The average molecular weight is 329 g/mol. The molecule has 0 saturated carbocycles. The van der Waals surface area contributed by atoms with Crippen LogP contribution in [-0.2, 0) is 22.5 Å². The van der Waals surface area contributed by atoms with Gasteiger partial charge in [-0.2, -0.15) is 0 Å². The maximum atomic E-state index is 11.9. The van der Waals surface area contributed by atoms with E-state index in [1.807, 2.05) is 30.3 Å². The number of amides is 1. The van der Waals surface area contributed by atoms with Gasteiger partial charge in [-0.15, -0.1) is 0 Å². The molecule has 1 amide bonds. The van der Waals surface area contributed by atoms with E-state index in [1.54, 1.807) is 6.07 Å². The van der Waals surface area contributed by atoms with Crippen LogP contribution in [0.15, 0.2) is 47.6 Å². The average Bonchev–Trinajstić information content (AvgIpc) is 3.01. The third kappa shape index (κ3) is 4.11.